The Morgan fingerprint density at radius 3 is 2.89 bits per heavy atom. The van der Waals surface area contributed by atoms with Gasteiger partial charge in [0.2, 0.25) is 0 Å². The Kier molecular flexibility index (Phi) is 2.79. The first-order chi connectivity index (χ1) is 9.16. The third-order valence-corrected chi connectivity index (χ3v) is 3.80. The van der Waals surface area contributed by atoms with Crippen LogP contribution in [0, 0.1) is 5.82 Å². The van der Waals surface area contributed by atoms with E-state index in [-0.39, 0.29) is 11.6 Å². The van der Waals surface area contributed by atoms with Crippen LogP contribution in [0.4, 0.5) is 4.39 Å². The Bertz CT molecular complexity index is 815. The van der Waals surface area contributed by atoms with E-state index in [1.807, 2.05) is 0 Å². The second kappa shape index (κ2) is 4.47. The Morgan fingerprint density at radius 1 is 1.37 bits per heavy atom. The minimum atomic E-state index is -0.479. The number of aromatic nitrogens is 1. The first kappa shape index (κ1) is 11.9. The second-order valence-electron chi connectivity index (χ2n) is 3.92. The summed E-state index contributed by atoms with van der Waals surface area (Å²) in [7, 11) is 1.68. The number of carbonyl (C=O) groups is 1. The molecule has 1 amide bonds. The molecule has 0 fully saturated rings. The van der Waals surface area contributed by atoms with Crippen LogP contribution in [0.3, 0.4) is 0 Å². The van der Waals surface area contributed by atoms with E-state index < -0.39 is 5.91 Å². The molecule has 3 aromatic rings. The third kappa shape index (κ3) is 2.00. The lowest BCUT2D eigenvalue weighted by Crippen LogP contribution is -2.13. The monoisotopic (exact) mass is 276 g/mol. The predicted octanol–water partition coefficient (Wildman–Crippen LogP) is 2.71. The highest BCUT2D eigenvalue weighted by molar-refractivity contribution is 7.16. The summed E-state index contributed by atoms with van der Waals surface area (Å²) < 4.78 is 21.0. The number of nitrogens with zero attached hydrogens (tertiary/aromatic N) is 2. The van der Waals surface area contributed by atoms with Gasteiger partial charge in [-0.3, -0.25) is 4.79 Å². The van der Waals surface area contributed by atoms with Crippen LogP contribution in [0.25, 0.3) is 10.2 Å². The smallest absolute Gasteiger partial charge is 0.315 e. The van der Waals surface area contributed by atoms with Crippen molar-refractivity contribution in [2.75, 3.05) is 0 Å². The van der Waals surface area contributed by atoms with Crippen molar-refractivity contribution in [2.45, 2.75) is 0 Å². The summed E-state index contributed by atoms with van der Waals surface area (Å²) >= 11 is 1.26. The van der Waals surface area contributed by atoms with E-state index in [0.29, 0.717) is 10.3 Å². The molecule has 0 unspecified atom stereocenters. The van der Waals surface area contributed by atoms with E-state index in [9.17, 15) is 9.18 Å². The van der Waals surface area contributed by atoms with Crippen molar-refractivity contribution in [2.24, 2.45) is 12.0 Å². The van der Waals surface area contributed by atoms with Crippen LogP contribution in [0.2, 0.25) is 0 Å². The van der Waals surface area contributed by atoms with E-state index in [1.54, 1.807) is 35.9 Å². The molecule has 0 saturated heterocycles. The number of amides is 1. The molecule has 96 valence electrons. The number of benzene rings is 1. The van der Waals surface area contributed by atoms with Gasteiger partial charge < -0.3 is 8.98 Å². The van der Waals surface area contributed by atoms with Crippen LogP contribution >= 0.6 is 11.3 Å². The molecule has 6 heteroatoms. The number of thiazole rings is 1. The maximum atomic E-state index is 13.7. The second-order valence-corrected chi connectivity index (χ2v) is 4.93. The molecule has 0 spiro atoms. The van der Waals surface area contributed by atoms with Crippen molar-refractivity contribution in [3.63, 3.8) is 0 Å². The molecule has 0 aliphatic carbocycles. The molecule has 0 atom stereocenters. The van der Waals surface area contributed by atoms with Crippen molar-refractivity contribution in [1.29, 1.82) is 0 Å². The van der Waals surface area contributed by atoms with Gasteiger partial charge in [-0.25, -0.2) is 4.39 Å². The molecule has 1 aromatic carbocycles. The minimum Gasteiger partial charge on any atom is -0.459 e. The molecular formula is C13H9FN2O2S. The summed E-state index contributed by atoms with van der Waals surface area (Å²) in [6.45, 7) is 0. The summed E-state index contributed by atoms with van der Waals surface area (Å²) in [5, 5.41) is 0. The van der Waals surface area contributed by atoms with E-state index in [4.69, 9.17) is 4.42 Å². The van der Waals surface area contributed by atoms with Gasteiger partial charge in [0.15, 0.2) is 10.6 Å². The van der Waals surface area contributed by atoms with E-state index in [0.717, 1.165) is 4.70 Å². The van der Waals surface area contributed by atoms with Crippen LogP contribution in [0.15, 0.2) is 46.0 Å². The fraction of sp³-hybridized carbons (Fsp3) is 0.0769. The quantitative estimate of drug-likeness (QED) is 0.686. The van der Waals surface area contributed by atoms with Gasteiger partial charge in [-0.15, -0.1) is 0 Å². The maximum absolute atomic E-state index is 13.7. The molecule has 0 aliphatic rings. The molecule has 0 bridgehead atoms. The number of fused-ring (bicyclic) bond motifs is 1. The molecule has 2 heterocycles. The highest BCUT2D eigenvalue weighted by atomic mass is 32.1. The SMILES string of the molecule is Cn1c(=NC(=O)c2ccco2)sc2cccc(F)c21. The maximum Gasteiger partial charge on any atom is 0.315 e. The van der Waals surface area contributed by atoms with E-state index in [1.165, 1.54) is 23.7 Å². The van der Waals surface area contributed by atoms with Crippen LogP contribution in [-0.2, 0) is 7.05 Å². The zero-order valence-corrected chi connectivity index (χ0v) is 10.8. The van der Waals surface area contributed by atoms with Crippen molar-refractivity contribution in [3.05, 3.63) is 53.0 Å². The summed E-state index contributed by atoms with van der Waals surface area (Å²) in [6, 6.07) is 7.96. The Labute approximate surface area is 111 Å². The van der Waals surface area contributed by atoms with Gasteiger partial charge >= 0.3 is 5.91 Å². The van der Waals surface area contributed by atoms with Gasteiger partial charge in [-0.05, 0) is 24.3 Å². The lowest BCUT2D eigenvalue weighted by Gasteiger charge is -1.96. The van der Waals surface area contributed by atoms with Gasteiger partial charge in [0, 0.05) is 7.05 Å². The molecule has 0 aliphatic heterocycles. The number of hydrogen-bond acceptors (Lipinski definition) is 3. The standard InChI is InChI=1S/C13H9FN2O2S/c1-16-11-8(14)4-2-6-10(11)19-13(16)15-12(17)9-5-3-7-18-9/h2-7H,1H3. The highest BCUT2D eigenvalue weighted by Gasteiger charge is 2.11. The number of para-hydroxylation sites is 1. The van der Waals surface area contributed by atoms with Gasteiger partial charge in [-0.2, -0.15) is 4.99 Å². The molecule has 4 nitrogen and oxygen atoms in total. The van der Waals surface area contributed by atoms with Crippen LogP contribution < -0.4 is 4.80 Å². The van der Waals surface area contributed by atoms with E-state index >= 15 is 0 Å². The van der Waals surface area contributed by atoms with Crippen molar-refractivity contribution in [3.8, 4) is 0 Å². The summed E-state index contributed by atoms with van der Waals surface area (Å²) in [4.78, 5) is 16.2. The number of rotatable bonds is 1. The Balaban J connectivity index is 2.19. The third-order valence-electron chi connectivity index (χ3n) is 2.70. The van der Waals surface area contributed by atoms with Gasteiger partial charge in [0.1, 0.15) is 5.82 Å². The lowest BCUT2D eigenvalue weighted by atomic mass is 10.3. The largest absolute Gasteiger partial charge is 0.459 e. The molecule has 0 saturated carbocycles. The fourth-order valence-electron chi connectivity index (χ4n) is 1.81. The van der Waals surface area contributed by atoms with Crippen LogP contribution in [0.1, 0.15) is 10.6 Å². The summed E-state index contributed by atoms with van der Waals surface area (Å²) in [6.07, 6.45) is 1.41. The average Bonchev–Trinajstić information content (AvgIpc) is 2.99. The van der Waals surface area contributed by atoms with Gasteiger partial charge in [0.05, 0.1) is 16.5 Å². The lowest BCUT2D eigenvalue weighted by molar-refractivity contribution is 0.0971. The fourth-order valence-corrected chi connectivity index (χ4v) is 2.84. The molecule has 0 radical (unpaired) electrons. The highest BCUT2D eigenvalue weighted by Crippen LogP contribution is 2.19. The predicted molar refractivity (Wildman–Crippen MR) is 69.4 cm³/mol. The normalized spacial score (nSPS) is 12.2. The number of aryl methyl sites for hydroxylation is 1. The van der Waals surface area contributed by atoms with Crippen LogP contribution in [0.5, 0.6) is 0 Å². The molecule has 19 heavy (non-hydrogen) atoms. The zero-order chi connectivity index (χ0) is 13.4. The molecule has 0 N–H and O–H groups in total. The minimum absolute atomic E-state index is 0.165. The first-order valence-electron chi connectivity index (χ1n) is 5.53. The van der Waals surface area contributed by atoms with Crippen molar-refractivity contribution < 1.29 is 13.6 Å². The zero-order valence-electron chi connectivity index (χ0n) is 9.96. The number of carbonyl (C=O) groups excluding carboxylic acids is 1. The molecule has 2 aromatic heterocycles. The first-order valence-corrected chi connectivity index (χ1v) is 6.35. The number of hydrogen-bond donors (Lipinski definition) is 0. The average molecular weight is 276 g/mol. The van der Waals surface area contributed by atoms with Gasteiger partial charge in [0.25, 0.3) is 0 Å². The summed E-state index contributed by atoms with van der Waals surface area (Å²) in [5.74, 6) is -0.645. The Hall–Kier alpha value is -2.21. The number of furan rings is 1. The number of halogens is 1. The van der Waals surface area contributed by atoms with Crippen molar-refractivity contribution >= 4 is 27.5 Å². The van der Waals surface area contributed by atoms with Crippen LogP contribution in [-0.4, -0.2) is 10.5 Å². The Morgan fingerprint density at radius 2 is 2.21 bits per heavy atom. The van der Waals surface area contributed by atoms with E-state index in [2.05, 4.69) is 4.99 Å². The topological polar surface area (TPSA) is 47.5 Å². The molecular weight excluding hydrogens is 267 g/mol. The molecule has 3 rings (SSSR count). The van der Waals surface area contributed by atoms with Crippen molar-refractivity contribution in [1.82, 2.24) is 4.57 Å². The summed E-state index contributed by atoms with van der Waals surface area (Å²) in [5.41, 5.74) is 0.443. The van der Waals surface area contributed by atoms with Gasteiger partial charge in [-0.1, -0.05) is 17.4 Å².